The summed E-state index contributed by atoms with van der Waals surface area (Å²) < 4.78 is 1.49. The Morgan fingerprint density at radius 2 is 1.77 bits per heavy atom. The van der Waals surface area contributed by atoms with Crippen molar-refractivity contribution in [1.82, 2.24) is 20.3 Å². The van der Waals surface area contributed by atoms with Gasteiger partial charge in [-0.05, 0) is 69.1 Å². The number of amides is 1. The zero-order valence-electron chi connectivity index (χ0n) is 18.0. The highest BCUT2D eigenvalue weighted by molar-refractivity contribution is 5.79. The van der Waals surface area contributed by atoms with E-state index in [0.29, 0.717) is 23.4 Å². The SMILES string of the molecule is C[C@@H](CCc1ccccc1)NC(=O)C1CCC(Cn2nnc3ccccc3c2=O)CC1. The van der Waals surface area contributed by atoms with Crippen molar-refractivity contribution in [3.8, 4) is 0 Å². The van der Waals surface area contributed by atoms with Crippen molar-refractivity contribution in [3.05, 3.63) is 70.5 Å². The average Bonchev–Trinajstić information content (AvgIpc) is 2.81. The molecule has 31 heavy (non-hydrogen) atoms. The van der Waals surface area contributed by atoms with Gasteiger partial charge in [0.25, 0.3) is 5.56 Å². The van der Waals surface area contributed by atoms with Gasteiger partial charge >= 0.3 is 0 Å². The topological polar surface area (TPSA) is 76.9 Å². The van der Waals surface area contributed by atoms with E-state index < -0.39 is 0 Å². The van der Waals surface area contributed by atoms with Crippen LogP contribution in [-0.4, -0.2) is 26.9 Å². The van der Waals surface area contributed by atoms with E-state index in [1.54, 1.807) is 12.1 Å². The van der Waals surface area contributed by atoms with E-state index in [0.717, 1.165) is 38.5 Å². The molecule has 1 atom stereocenters. The predicted molar refractivity (Wildman–Crippen MR) is 122 cm³/mol. The second kappa shape index (κ2) is 9.86. The summed E-state index contributed by atoms with van der Waals surface area (Å²) in [6, 6.07) is 17.8. The van der Waals surface area contributed by atoms with Crippen LogP contribution in [0.3, 0.4) is 0 Å². The lowest BCUT2D eigenvalue weighted by Crippen LogP contribution is -2.39. The summed E-state index contributed by atoms with van der Waals surface area (Å²) >= 11 is 0. The Labute approximate surface area is 182 Å². The Kier molecular flexibility index (Phi) is 6.75. The summed E-state index contributed by atoms with van der Waals surface area (Å²) in [6.07, 6.45) is 5.48. The lowest BCUT2D eigenvalue weighted by molar-refractivity contribution is -0.126. The van der Waals surface area contributed by atoms with E-state index in [9.17, 15) is 9.59 Å². The van der Waals surface area contributed by atoms with Crippen LogP contribution >= 0.6 is 0 Å². The van der Waals surface area contributed by atoms with Gasteiger partial charge in [0.1, 0.15) is 5.52 Å². The van der Waals surface area contributed by atoms with Crippen LogP contribution in [-0.2, 0) is 17.8 Å². The molecule has 1 heterocycles. The van der Waals surface area contributed by atoms with Crippen molar-refractivity contribution in [1.29, 1.82) is 0 Å². The molecule has 0 radical (unpaired) electrons. The van der Waals surface area contributed by atoms with Crippen LogP contribution in [0, 0.1) is 11.8 Å². The molecule has 0 aliphatic heterocycles. The Morgan fingerprint density at radius 3 is 2.55 bits per heavy atom. The zero-order chi connectivity index (χ0) is 21.6. The Morgan fingerprint density at radius 1 is 1.06 bits per heavy atom. The predicted octanol–water partition coefficient (Wildman–Crippen LogP) is 3.74. The fraction of sp³-hybridized carbons (Fsp3) is 0.440. The first-order valence-electron chi connectivity index (χ1n) is 11.3. The molecule has 6 heteroatoms. The van der Waals surface area contributed by atoms with Crippen LogP contribution in [0.15, 0.2) is 59.4 Å². The molecule has 4 rings (SSSR count). The number of aromatic nitrogens is 3. The Bertz CT molecular complexity index is 1070. The number of fused-ring (bicyclic) bond motifs is 1. The van der Waals surface area contributed by atoms with Gasteiger partial charge < -0.3 is 5.32 Å². The fourth-order valence-corrected chi connectivity index (χ4v) is 4.46. The maximum Gasteiger partial charge on any atom is 0.277 e. The van der Waals surface area contributed by atoms with Gasteiger partial charge in [0, 0.05) is 18.5 Å². The van der Waals surface area contributed by atoms with Crippen molar-refractivity contribution in [2.45, 2.75) is 58.0 Å². The fourth-order valence-electron chi connectivity index (χ4n) is 4.46. The van der Waals surface area contributed by atoms with Gasteiger partial charge in [-0.1, -0.05) is 47.7 Å². The summed E-state index contributed by atoms with van der Waals surface area (Å²) in [5, 5.41) is 12.1. The van der Waals surface area contributed by atoms with Crippen molar-refractivity contribution in [2.24, 2.45) is 11.8 Å². The quantitative estimate of drug-likeness (QED) is 0.634. The highest BCUT2D eigenvalue weighted by atomic mass is 16.2. The molecule has 6 nitrogen and oxygen atoms in total. The number of hydrogen-bond donors (Lipinski definition) is 1. The molecule has 1 aliphatic rings. The maximum absolute atomic E-state index is 12.7. The standard InChI is InChI=1S/C25H30N4O2/c1-18(11-12-19-7-3-2-4-8-19)26-24(30)21-15-13-20(14-16-21)17-29-25(31)22-9-5-6-10-23(22)27-28-29/h2-10,18,20-21H,11-17H2,1H3,(H,26,30)/t18-,20?,21?/m0/s1. The summed E-state index contributed by atoms with van der Waals surface area (Å²) in [5.41, 5.74) is 1.85. The van der Waals surface area contributed by atoms with Gasteiger partial charge in [-0.3, -0.25) is 9.59 Å². The van der Waals surface area contributed by atoms with Crippen LogP contribution in [0.4, 0.5) is 0 Å². The van der Waals surface area contributed by atoms with Gasteiger partial charge in [0.05, 0.1) is 5.39 Å². The minimum absolute atomic E-state index is 0.0647. The number of hydrogen-bond acceptors (Lipinski definition) is 4. The highest BCUT2D eigenvalue weighted by Crippen LogP contribution is 2.30. The Hall–Kier alpha value is -3.02. The molecular formula is C25H30N4O2. The molecule has 1 saturated carbocycles. The molecular weight excluding hydrogens is 388 g/mol. The highest BCUT2D eigenvalue weighted by Gasteiger charge is 2.27. The van der Waals surface area contributed by atoms with E-state index in [1.165, 1.54) is 10.2 Å². The lowest BCUT2D eigenvalue weighted by Gasteiger charge is -2.28. The second-order valence-electron chi connectivity index (χ2n) is 8.75. The van der Waals surface area contributed by atoms with Crippen LogP contribution in [0.25, 0.3) is 10.9 Å². The maximum atomic E-state index is 12.7. The van der Waals surface area contributed by atoms with Gasteiger partial charge in [-0.2, -0.15) is 0 Å². The first kappa shape index (κ1) is 21.2. The molecule has 1 aromatic heterocycles. The molecule has 1 fully saturated rings. The van der Waals surface area contributed by atoms with Gasteiger partial charge in [0.15, 0.2) is 0 Å². The Balaban J connectivity index is 1.25. The number of carbonyl (C=O) groups excluding carboxylic acids is 1. The zero-order valence-corrected chi connectivity index (χ0v) is 18.0. The van der Waals surface area contributed by atoms with Gasteiger partial charge in [-0.25, -0.2) is 4.68 Å². The third kappa shape index (κ3) is 5.37. The lowest BCUT2D eigenvalue weighted by atomic mass is 9.81. The van der Waals surface area contributed by atoms with Crippen molar-refractivity contribution < 1.29 is 4.79 Å². The number of rotatable bonds is 7. The molecule has 0 spiro atoms. The normalized spacial score (nSPS) is 19.8. The van der Waals surface area contributed by atoms with E-state index >= 15 is 0 Å². The monoisotopic (exact) mass is 418 g/mol. The number of aryl methyl sites for hydroxylation is 1. The minimum Gasteiger partial charge on any atom is -0.353 e. The molecule has 1 N–H and O–H groups in total. The van der Waals surface area contributed by atoms with E-state index in [1.807, 2.05) is 18.2 Å². The van der Waals surface area contributed by atoms with E-state index in [-0.39, 0.29) is 23.4 Å². The largest absolute Gasteiger partial charge is 0.353 e. The summed E-state index contributed by atoms with van der Waals surface area (Å²) in [7, 11) is 0. The van der Waals surface area contributed by atoms with Crippen LogP contribution in [0.2, 0.25) is 0 Å². The molecule has 162 valence electrons. The summed E-state index contributed by atoms with van der Waals surface area (Å²) in [6.45, 7) is 2.65. The van der Waals surface area contributed by atoms with Crippen LogP contribution < -0.4 is 10.9 Å². The number of carbonyl (C=O) groups is 1. The molecule has 2 aromatic carbocycles. The number of nitrogens with zero attached hydrogens (tertiary/aromatic N) is 3. The molecule has 1 amide bonds. The third-order valence-corrected chi connectivity index (χ3v) is 6.38. The summed E-state index contributed by atoms with van der Waals surface area (Å²) in [4.78, 5) is 25.4. The van der Waals surface area contributed by atoms with Crippen molar-refractivity contribution in [2.75, 3.05) is 0 Å². The van der Waals surface area contributed by atoms with Crippen molar-refractivity contribution >= 4 is 16.8 Å². The molecule has 0 saturated heterocycles. The molecule has 1 aliphatic carbocycles. The average molecular weight is 419 g/mol. The molecule has 0 unspecified atom stereocenters. The molecule has 3 aromatic rings. The molecule has 0 bridgehead atoms. The van der Waals surface area contributed by atoms with Crippen LogP contribution in [0.5, 0.6) is 0 Å². The third-order valence-electron chi connectivity index (χ3n) is 6.38. The van der Waals surface area contributed by atoms with Gasteiger partial charge in [-0.15, -0.1) is 5.10 Å². The van der Waals surface area contributed by atoms with E-state index in [2.05, 4.69) is 46.8 Å². The smallest absolute Gasteiger partial charge is 0.277 e. The number of benzene rings is 2. The summed E-state index contributed by atoms with van der Waals surface area (Å²) in [5.74, 6) is 0.587. The van der Waals surface area contributed by atoms with Crippen LogP contribution in [0.1, 0.15) is 44.6 Å². The second-order valence-corrected chi connectivity index (χ2v) is 8.75. The first-order valence-corrected chi connectivity index (χ1v) is 11.3. The minimum atomic E-state index is -0.0855. The number of nitrogens with one attached hydrogen (secondary N) is 1. The van der Waals surface area contributed by atoms with Gasteiger partial charge in [0.2, 0.25) is 5.91 Å². The van der Waals surface area contributed by atoms with Crippen molar-refractivity contribution in [3.63, 3.8) is 0 Å². The first-order chi connectivity index (χ1) is 15.1. The van der Waals surface area contributed by atoms with E-state index in [4.69, 9.17) is 0 Å².